The summed E-state index contributed by atoms with van der Waals surface area (Å²) in [5.74, 6) is -0.197. The third kappa shape index (κ3) is 4.09. The average molecular weight is 298 g/mol. The van der Waals surface area contributed by atoms with Crippen molar-refractivity contribution in [2.75, 3.05) is 17.2 Å². The number of aryl methyl sites for hydroxylation is 1. The predicted molar refractivity (Wildman–Crippen MR) is 86.2 cm³/mol. The molecule has 0 radical (unpaired) electrons. The van der Waals surface area contributed by atoms with Crippen molar-refractivity contribution >= 4 is 23.4 Å². The molecule has 0 unspecified atom stereocenters. The van der Waals surface area contributed by atoms with Gasteiger partial charge in [-0.2, -0.15) is 0 Å². The highest BCUT2D eigenvalue weighted by atomic mass is 16.5. The van der Waals surface area contributed by atoms with Crippen molar-refractivity contribution in [3.05, 3.63) is 59.7 Å². The molecule has 0 saturated heterocycles. The smallest absolute Gasteiger partial charge is 0.411 e. The fourth-order valence-corrected chi connectivity index (χ4v) is 1.90. The molecular weight excluding hydrogens is 280 g/mol. The predicted octanol–water partition coefficient (Wildman–Crippen LogP) is 3.82. The molecule has 0 atom stereocenters. The van der Waals surface area contributed by atoms with Gasteiger partial charge in [0.15, 0.2) is 0 Å². The van der Waals surface area contributed by atoms with Gasteiger partial charge in [0.25, 0.3) is 5.91 Å². The number of anilines is 2. The zero-order valence-electron chi connectivity index (χ0n) is 12.6. The first-order valence-corrected chi connectivity index (χ1v) is 7.01. The number of amides is 2. The average Bonchev–Trinajstić information content (AvgIpc) is 2.50. The molecule has 2 N–H and O–H groups in total. The quantitative estimate of drug-likeness (QED) is 0.901. The van der Waals surface area contributed by atoms with E-state index in [1.165, 1.54) is 0 Å². The zero-order valence-corrected chi connectivity index (χ0v) is 12.6. The molecule has 5 heteroatoms. The Hall–Kier alpha value is -2.82. The number of hydrogen-bond donors (Lipinski definition) is 2. The third-order valence-corrected chi connectivity index (χ3v) is 3.06. The van der Waals surface area contributed by atoms with Crippen LogP contribution in [0, 0.1) is 6.92 Å². The SMILES string of the molecule is CCOC(=O)Nc1ccc(C(=O)Nc2ccccc2C)cc1. The van der Waals surface area contributed by atoms with Gasteiger partial charge in [-0.05, 0) is 49.7 Å². The molecule has 2 aromatic carbocycles. The molecule has 0 fully saturated rings. The highest BCUT2D eigenvalue weighted by molar-refractivity contribution is 6.05. The van der Waals surface area contributed by atoms with E-state index in [1.807, 2.05) is 31.2 Å². The summed E-state index contributed by atoms with van der Waals surface area (Å²) in [6.07, 6.45) is -0.514. The van der Waals surface area contributed by atoms with Crippen molar-refractivity contribution in [1.29, 1.82) is 0 Å². The van der Waals surface area contributed by atoms with Crippen LogP contribution in [-0.2, 0) is 4.74 Å². The van der Waals surface area contributed by atoms with Crippen LogP contribution in [0.1, 0.15) is 22.8 Å². The fraction of sp³-hybridized carbons (Fsp3) is 0.176. The summed E-state index contributed by atoms with van der Waals surface area (Å²) in [6.45, 7) is 3.98. The van der Waals surface area contributed by atoms with E-state index in [4.69, 9.17) is 4.74 Å². The molecule has 0 aliphatic heterocycles. The second-order valence-electron chi connectivity index (χ2n) is 4.69. The van der Waals surface area contributed by atoms with Gasteiger partial charge < -0.3 is 10.1 Å². The van der Waals surface area contributed by atoms with E-state index in [9.17, 15) is 9.59 Å². The highest BCUT2D eigenvalue weighted by Gasteiger charge is 2.08. The van der Waals surface area contributed by atoms with E-state index >= 15 is 0 Å². The van der Waals surface area contributed by atoms with Crippen molar-refractivity contribution in [3.63, 3.8) is 0 Å². The zero-order chi connectivity index (χ0) is 15.9. The van der Waals surface area contributed by atoms with E-state index in [0.717, 1.165) is 11.3 Å². The van der Waals surface area contributed by atoms with Crippen molar-refractivity contribution in [3.8, 4) is 0 Å². The summed E-state index contributed by atoms with van der Waals surface area (Å²) >= 11 is 0. The van der Waals surface area contributed by atoms with Gasteiger partial charge in [0.05, 0.1) is 6.61 Å². The van der Waals surface area contributed by atoms with Crippen molar-refractivity contribution in [2.45, 2.75) is 13.8 Å². The lowest BCUT2D eigenvalue weighted by Crippen LogP contribution is -2.14. The van der Waals surface area contributed by atoms with Gasteiger partial charge in [0.1, 0.15) is 0 Å². The Morgan fingerprint density at radius 3 is 2.32 bits per heavy atom. The molecular formula is C17H18N2O3. The highest BCUT2D eigenvalue weighted by Crippen LogP contribution is 2.16. The molecule has 114 valence electrons. The Bertz CT molecular complexity index is 666. The number of carbonyl (C=O) groups is 2. The van der Waals surface area contributed by atoms with Crippen molar-refractivity contribution in [2.24, 2.45) is 0 Å². The van der Waals surface area contributed by atoms with Gasteiger partial charge in [-0.1, -0.05) is 18.2 Å². The lowest BCUT2D eigenvalue weighted by Gasteiger charge is -2.09. The number of hydrogen-bond acceptors (Lipinski definition) is 3. The van der Waals surface area contributed by atoms with Gasteiger partial charge in [-0.25, -0.2) is 4.79 Å². The summed E-state index contributed by atoms with van der Waals surface area (Å²) < 4.78 is 4.79. The molecule has 2 amide bonds. The largest absolute Gasteiger partial charge is 0.450 e. The van der Waals surface area contributed by atoms with Crippen LogP contribution >= 0.6 is 0 Å². The molecule has 0 aliphatic rings. The Morgan fingerprint density at radius 2 is 1.68 bits per heavy atom. The van der Waals surface area contributed by atoms with E-state index in [-0.39, 0.29) is 5.91 Å². The molecule has 2 aromatic rings. The topological polar surface area (TPSA) is 67.4 Å². The first-order chi connectivity index (χ1) is 10.6. The number of benzene rings is 2. The van der Waals surface area contributed by atoms with Crippen LogP contribution in [0.2, 0.25) is 0 Å². The van der Waals surface area contributed by atoms with E-state index in [2.05, 4.69) is 10.6 Å². The fourth-order valence-electron chi connectivity index (χ4n) is 1.90. The number of ether oxygens (including phenoxy) is 1. The Labute approximate surface area is 129 Å². The van der Waals surface area contributed by atoms with Gasteiger partial charge in [-0.3, -0.25) is 10.1 Å². The van der Waals surface area contributed by atoms with E-state index < -0.39 is 6.09 Å². The minimum Gasteiger partial charge on any atom is -0.450 e. The molecule has 0 spiro atoms. The molecule has 5 nitrogen and oxygen atoms in total. The maximum Gasteiger partial charge on any atom is 0.411 e. The maximum atomic E-state index is 12.2. The standard InChI is InChI=1S/C17H18N2O3/c1-3-22-17(21)18-14-10-8-13(9-11-14)16(20)19-15-7-5-4-6-12(15)2/h4-11H,3H2,1-2H3,(H,18,21)(H,19,20). The maximum absolute atomic E-state index is 12.2. The van der Waals surface area contributed by atoms with Gasteiger partial charge >= 0.3 is 6.09 Å². The number of para-hydroxylation sites is 1. The van der Waals surface area contributed by atoms with Crippen molar-refractivity contribution < 1.29 is 14.3 Å². The van der Waals surface area contributed by atoms with Crippen LogP contribution in [0.25, 0.3) is 0 Å². The van der Waals surface area contributed by atoms with Crippen LogP contribution in [0.5, 0.6) is 0 Å². The minimum absolute atomic E-state index is 0.197. The molecule has 0 aromatic heterocycles. The second kappa shape index (κ2) is 7.26. The summed E-state index contributed by atoms with van der Waals surface area (Å²) in [5, 5.41) is 5.43. The molecule has 0 heterocycles. The molecule has 22 heavy (non-hydrogen) atoms. The molecule has 0 saturated carbocycles. The minimum atomic E-state index is -0.514. The lowest BCUT2D eigenvalue weighted by atomic mass is 10.1. The van der Waals surface area contributed by atoms with Crippen LogP contribution in [-0.4, -0.2) is 18.6 Å². The number of carbonyl (C=O) groups excluding carboxylic acids is 2. The van der Waals surface area contributed by atoms with Gasteiger partial charge in [-0.15, -0.1) is 0 Å². The van der Waals surface area contributed by atoms with Crippen LogP contribution in [0.3, 0.4) is 0 Å². The van der Waals surface area contributed by atoms with Crippen LogP contribution in [0.15, 0.2) is 48.5 Å². The monoisotopic (exact) mass is 298 g/mol. The Morgan fingerprint density at radius 1 is 1.00 bits per heavy atom. The summed E-state index contributed by atoms with van der Waals surface area (Å²) in [5.41, 5.74) is 2.86. The first-order valence-electron chi connectivity index (χ1n) is 7.01. The molecule has 2 rings (SSSR count). The normalized spacial score (nSPS) is 9.91. The summed E-state index contributed by atoms with van der Waals surface area (Å²) in [7, 11) is 0. The second-order valence-corrected chi connectivity index (χ2v) is 4.69. The molecule has 0 aliphatic carbocycles. The van der Waals surface area contributed by atoms with Crippen LogP contribution in [0.4, 0.5) is 16.2 Å². The summed E-state index contributed by atoms with van der Waals surface area (Å²) in [6, 6.07) is 14.2. The summed E-state index contributed by atoms with van der Waals surface area (Å²) in [4.78, 5) is 23.5. The number of rotatable bonds is 4. The Kier molecular flexibility index (Phi) is 5.14. The lowest BCUT2D eigenvalue weighted by molar-refractivity contribution is 0.102. The van der Waals surface area contributed by atoms with Crippen molar-refractivity contribution in [1.82, 2.24) is 0 Å². The molecule has 0 bridgehead atoms. The van der Waals surface area contributed by atoms with E-state index in [1.54, 1.807) is 31.2 Å². The van der Waals surface area contributed by atoms with Gasteiger partial charge in [0.2, 0.25) is 0 Å². The van der Waals surface area contributed by atoms with Crippen LogP contribution < -0.4 is 10.6 Å². The number of nitrogens with one attached hydrogen (secondary N) is 2. The third-order valence-electron chi connectivity index (χ3n) is 3.06. The van der Waals surface area contributed by atoms with E-state index in [0.29, 0.717) is 17.9 Å². The Balaban J connectivity index is 2.02. The first kappa shape index (κ1) is 15.6. The van der Waals surface area contributed by atoms with Gasteiger partial charge in [0, 0.05) is 16.9 Å².